The van der Waals surface area contributed by atoms with Gasteiger partial charge in [0, 0.05) is 11.4 Å². The fourth-order valence-electron chi connectivity index (χ4n) is 3.93. The maximum absolute atomic E-state index is 13.0. The van der Waals surface area contributed by atoms with Crippen LogP contribution in [0.1, 0.15) is 27.3 Å². The molecule has 36 heavy (non-hydrogen) atoms. The van der Waals surface area contributed by atoms with Crippen molar-refractivity contribution in [3.63, 3.8) is 0 Å². The number of anilines is 1. The largest absolute Gasteiger partial charge is 0.465 e. The van der Waals surface area contributed by atoms with Crippen molar-refractivity contribution in [2.24, 2.45) is 0 Å². The maximum Gasteiger partial charge on any atom is 0.339 e. The van der Waals surface area contributed by atoms with Crippen molar-refractivity contribution in [2.75, 3.05) is 19.0 Å². The smallest absolute Gasteiger partial charge is 0.339 e. The number of benzene rings is 2. The molecule has 8 nitrogen and oxygen atoms in total. The zero-order valence-electron chi connectivity index (χ0n) is 19.7. The normalized spacial score (nSPS) is 14.4. The average molecular weight is 524 g/mol. The van der Waals surface area contributed by atoms with Gasteiger partial charge in [-0.1, -0.05) is 35.9 Å². The van der Waals surface area contributed by atoms with E-state index in [0.29, 0.717) is 27.5 Å². The number of methoxy groups -OCH3 is 1. The van der Waals surface area contributed by atoms with Crippen molar-refractivity contribution in [2.45, 2.75) is 13.8 Å². The molecule has 2 aromatic carbocycles. The summed E-state index contributed by atoms with van der Waals surface area (Å²) in [6, 6.07) is 15.6. The van der Waals surface area contributed by atoms with Crippen LogP contribution in [0.15, 0.2) is 59.5 Å². The molecule has 0 unspecified atom stereocenters. The van der Waals surface area contributed by atoms with Crippen LogP contribution in [-0.4, -0.2) is 46.1 Å². The van der Waals surface area contributed by atoms with E-state index in [4.69, 9.17) is 16.3 Å². The number of hydrogen-bond donors (Lipinski definition) is 1. The van der Waals surface area contributed by atoms with E-state index >= 15 is 0 Å². The van der Waals surface area contributed by atoms with Gasteiger partial charge >= 0.3 is 5.97 Å². The second-order valence-corrected chi connectivity index (χ2v) is 9.37. The molecule has 0 atom stereocenters. The van der Waals surface area contributed by atoms with Gasteiger partial charge in [-0.15, -0.1) is 0 Å². The predicted molar refractivity (Wildman–Crippen MR) is 139 cm³/mol. The van der Waals surface area contributed by atoms with Crippen molar-refractivity contribution in [1.29, 1.82) is 0 Å². The Hall–Kier alpha value is -3.82. The molecule has 0 bridgehead atoms. The first-order valence-corrected chi connectivity index (χ1v) is 12.1. The molecule has 1 aromatic heterocycles. The Morgan fingerprint density at radius 3 is 2.50 bits per heavy atom. The topological polar surface area (TPSA) is 97.7 Å². The Bertz CT molecular complexity index is 1430. The number of imide groups is 1. The highest BCUT2D eigenvalue weighted by molar-refractivity contribution is 8.18. The standard InChI is InChI=1S/C26H22ClN3O5S/c1-15-12-17(16(2)30(15)21-11-7-4-8-18(21)25(33)35-3)13-22-24(32)29(26(34)36-22)14-23(31)28-20-10-6-5-9-19(20)27/h4-13H,14H2,1-3H3,(H,28,31)/b22-13+. The fraction of sp³-hybridized carbons (Fsp3) is 0.154. The van der Waals surface area contributed by atoms with Gasteiger partial charge < -0.3 is 14.6 Å². The van der Waals surface area contributed by atoms with Gasteiger partial charge in [0.25, 0.3) is 11.1 Å². The molecule has 10 heteroatoms. The molecule has 184 valence electrons. The third-order valence-corrected chi connectivity index (χ3v) is 6.87. The summed E-state index contributed by atoms with van der Waals surface area (Å²) >= 11 is 6.83. The van der Waals surface area contributed by atoms with Gasteiger partial charge in [-0.25, -0.2) is 4.79 Å². The monoisotopic (exact) mass is 523 g/mol. The van der Waals surface area contributed by atoms with E-state index in [9.17, 15) is 19.2 Å². The fourth-order valence-corrected chi connectivity index (χ4v) is 4.94. The molecule has 3 aromatic rings. The maximum atomic E-state index is 13.0. The lowest BCUT2D eigenvalue weighted by Crippen LogP contribution is -2.36. The Morgan fingerprint density at radius 1 is 1.08 bits per heavy atom. The van der Waals surface area contributed by atoms with E-state index in [1.807, 2.05) is 36.6 Å². The molecule has 3 amide bonds. The highest BCUT2D eigenvalue weighted by Gasteiger charge is 2.36. The first kappa shape index (κ1) is 25.3. The number of carbonyl (C=O) groups is 4. The van der Waals surface area contributed by atoms with E-state index in [-0.39, 0.29) is 4.91 Å². The summed E-state index contributed by atoms with van der Waals surface area (Å²) in [4.78, 5) is 51.3. The first-order chi connectivity index (χ1) is 17.2. The number of ether oxygens (including phenoxy) is 1. The molecule has 1 fully saturated rings. The van der Waals surface area contributed by atoms with E-state index in [0.717, 1.165) is 28.0 Å². The Balaban J connectivity index is 1.58. The SMILES string of the molecule is COC(=O)c1ccccc1-n1c(C)cc(/C=C2/SC(=O)N(CC(=O)Nc3ccccc3Cl)C2=O)c1C. The van der Waals surface area contributed by atoms with Crippen LogP contribution < -0.4 is 5.32 Å². The molecule has 1 N–H and O–H groups in total. The van der Waals surface area contributed by atoms with Crippen LogP contribution in [0.4, 0.5) is 10.5 Å². The lowest BCUT2D eigenvalue weighted by molar-refractivity contribution is -0.127. The molecule has 4 rings (SSSR count). The van der Waals surface area contributed by atoms with Gasteiger partial charge in [-0.2, -0.15) is 0 Å². The molecule has 0 spiro atoms. The summed E-state index contributed by atoms with van der Waals surface area (Å²) in [7, 11) is 1.32. The summed E-state index contributed by atoms with van der Waals surface area (Å²) < 4.78 is 6.80. The Morgan fingerprint density at radius 2 is 1.78 bits per heavy atom. The molecule has 0 saturated carbocycles. The number of hydrogen-bond acceptors (Lipinski definition) is 6. The van der Waals surface area contributed by atoms with E-state index < -0.39 is 29.6 Å². The lowest BCUT2D eigenvalue weighted by atomic mass is 10.1. The van der Waals surface area contributed by atoms with Gasteiger partial charge in [0.05, 0.1) is 34.0 Å². The quantitative estimate of drug-likeness (QED) is 0.352. The van der Waals surface area contributed by atoms with Gasteiger partial charge in [0.1, 0.15) is 6.54 Å². The van der Waals surface area contributed by atoms with Crippen LogP contribution in [0.2, 0.25) is 5.02 Å². The number of amides is 3. The van der Waals surface area contributed by atoms with E-state index in [1.165, 1.54) is 7.11 Å². The highest BCUT2D eigenvalue weighted by atomic mass is 35.5. The summed E-state index contributed by atoms with van der Waals surface area (Å²) in [6.45, 7) is 3.30. The lowest BCUT2D eigenvalue weighted by Gasteiger charge is -2.13. The van der Waals surface area contributed by atoms with E-state index in [1.54, 1.807) is 42.5 Å². The van der Waals surface area contributed by atoms with Crippen LogP contribution in [-0.2, 0) is 14.3 Å². The average Bonchev–Trinajstić information content (AvgIpc) is 3.28. The molecule has 0 aliphatic carbocycles. The molecule has 2 heterocycles. The molecule has 1 aliphatic rings. The van der Waals surface area contributed by atoms with Crippen molar-refractivity contribution in [3.8, 4) is 5.69 Å². The second kappa shape index (κ2) is 10.4. The zero-order chi connectivity index (χ0) is 26.0. The number of aromatic nitrogens is 1. The summed E-state index contributed by atoms with van der Waals surface area (Å²) in [5, 5.41) is 2.43. The highest BCUT2D eigenvalue weighted by Crippen LogP contribution is 2.34. The number of rotatable bonds is 6. The predicted octanol–water partition coefficient (Wildman–Crippen LogP) is 5.21. The minimum absolute atomic E-state index is 0.201. The number of halogens is 1. The van der Waals surface area contributed by atoms with Gasteiger partial charge in [-0.3, -0.25) is 19.3 Å². The Labute approximate surface area is 216 Å². The molecule has 1 aliphatic heterocycles. The van der Waals surface area contributed by atoms with Crippen molar-refractivity contribution >= 4 is 58.1 Å². The number of aryl methyl sites for hydroxylation is 1. The third kappa shape index (κ3) is 4.93. The number of nitrogens with zero attached hydrogens (tertiary/aromatic N) is 2. The molecular formula is C26H22ClN3O5S. The molecule has 0 radical (unpaired) electrons. The third-order valence-electron chi connectivity index (χ3n) is 5.63. The van der Waals surface area contributed by atoms with Crippen LogP contribution in [0, 0.1) is 13.8 Å². The number of thioether (sulfide) groups is 1. The van der Waals surface area contributed by atoms with Gasteiger partial charge in [0.15, 0.2) is 0 Å². The van der Waals surface area contributed by atoms with Crippen LogP contribution in [0.25, 0.3) is 11.8 Å². The van der Waals surface area contributed by atoms with Crippen molar-refractivity contribution < 1.29 is 23.9 Å². The van der Waals surface area contributed by atoms with Gasteiger partial charge in [-0.05, 0) is 67.6 Å². The number of para-hydroxylation sites is 2. The summed E-state index contributed by atoms with van der Waals surface area (Å²) in [5.41, 5.74) is 3.74. The van der Waals surface area contributed by atoms with Crippen molar-refractivity contribution in [1.82, 2.24) is 9.47 Å². The van der Waals surface area contributed by atoms with Crippen molar-refractivity contribution in [3.05, 3.63) is 87.0 Å². The molecular weight excluding hydrogens is 502 g/mol. The first-order valence-electron chi connectivity index (χ1n) is 10.9. The minimum Gasteiger partial charge on any atom is -0.465 e. The van der Waals surface area contributed by atoms with E-state index in [2.05, 4.69) is 5.32 Å². The Kier molecular flexibility index (Phi) is 7.32. The number of nitrogens with one attached hydrogen (secondary N) is 1. The summed E-state index contributed by atoms with van der Waals surface area (Å²) in [5.74, 6) is -1.56. The minimum atomic E-state index is -0.556. The second-order valence-electron chi connectivity index (χ2n) is 7.97. The van der Waals surface area contributed by atoms with Gasteiger partial charge in [0.2, 0.25) is 5.91 Å². The van der Waals surface area contributed by atoms with Crippen LogP contribution >= 0.6 is 23.4 Å². The number of carbonyl (C=O) groups excluding carboxylic acids is 4. The number of esters is 1. The van der Waals surface area contributed by atoms with Crippen LogP contribution in [0.3, 0.4) is 0 Å². The molecule has 1 saturated heterocycles. The zero-order valence-corrected chi connectivity index (χ0v) is 21.3. The van der Waals surface area contributed by atoms with Crippen LogP contribution in [0.5, 0.6) is 0 Å². The summed E-state index contributed by atoms with van der Waals surface area (Å²) in [6.07, 6.45) is 1.62.